The summed E-state index contributed by atoms with van der Waals surface area (Å²) in [5.74, 6) is -0.703. The average molecular weight is 228 g/mol. The van der Waals surface area contributed by atoms with Gasteiger partial charge in [-0.15, -0.1) is 0 Å². The lowest BCUT2D eigenvalue weighted by molar-refractivity contribution is 0.0695. The van der Waals surface area contributed by atoms with Crippen LogP contribution in [0.2, 0.25) is 0 Å². The van der Waals surface area contributed by atoms with Gasteiger partial charge in [0.05, 0.1) is 11.9 Å². The van der Waals surface area contributed by atoms with Crippen molar-refractivity contribution in [1.82, 2.24) is 10.2 Å². The van der Waals surface area contributed by atoms with Crippen molar-refractivity contribution >= 4 is 5.97 Å². The third-order valence-corrected chi connectivity index (χ3v) is 3.36. The van der Waals surface area contributed by atoms with Crippen LogP contribution in [0.4, 0.5) is 0 Å². The van der Waals surface area contributed by atoms with E-state index >= 15 is 0 Å². The Morgan fingerprint density at radius 3 is 2.53 bits per heavy atom. The quantitative estimate of drug-likeness (QED) is 0.826. The highest BCUT2D eigenvalue weighted by Crippen LogP contribution is 2.34. The molecule has 86 valence electrons. The van der Waals surface area contributed by atoms with Crippen molar-refractivity contribution in [3.8, 4) is 0 Å². The van der Waals surface area contributed by atoms with E-state index in [4.69, 9.17) is 5.11 Å². The Kier molecular flexibility index (Phi) is 2.21. The number of benzene rings is 1. The lowest BCUT2D eigenvalue weighted by Crippen LogP contribution is -2.06. The second kappa shape index (κ2) is 3.73. The van der Waals surface area contributed by atoms with Gasteiger partial charge in [-0.25, -0.2) is 4.79 Å². The van der Waals surface area contributed by atoms with Gasteiger partial charge >= 0.3 is 5.97 Å². The largest absolute Gasteiger partial charge is 0.478 e. The van der Waals surface area contributed by atoms with E-state index in [0.29, 0.717) is 5.56 Å². The number of carbonyl (C=O) groups is 1. The molecule has 2 aromatic rings. The van der Waals surface area contributed by atoms with Gasteiger partial charge in [-0.05, 0) is 24.0 Å². The molecule has 1 aliphatic rings. The van der Waals surface area contributed by atoms with Gasteiger partial charge in [0, 0.05) is 5.92 Å². The SMILES string of the molecule is O=C(O)c1cn[nH]c1C1Cc2ccccc2C1. The zero-order valence-electron chi connectivity index (χ0n) is 9.18. The Morgan fingerprint density at radius 1 is 1.29 bits per heavy atom. The Labute approximate surface area is 98.3 Å². The van der Waals surface area contributed by atoms with Crippen LogP contribution in [0.15, 0.2) is 30.5 Å². The summed E-state index contributed by atoms with van der Waals surface area (Å²) >= 11 is 0. The number of aromatic nitrogens is 2. The normalized spacial score (nSPS) is 14.8. The lowest BCUT2D eigenvalue weighted by Gasteiger charge is -2.07. The first-order valence-corrected chi connectivity index (χ1v) is 5.59. The summed E-state index contributed by atoms with van der Waals surface area (Å²) in [5.41, 5.74) is 3.66. The number of nitrogens with zero attached hydrogens (tertiary/aromatic N) is 1. The van der Waals surface area contributed by atoms with Crippen molar-refractivity contribution in [3.63, 3.8) is 0 Å². The van der Waals surface area contributed by atoms with Gasteiger partial charge in [0.15, 0.2) is 0 Å². The predicted molar refractivity (Wildman–Crippen MR) is 62.1 cm³/mol. The van der Waals surface area contributed by atoms with Crippen molar-refractivity contribution in [2.45, 2.75) is 18.8 Å². The molecule has 0 aliphatic heterocycles. The second-order valence-electron chi connectivity index (χ2n) is 4.38. The maximum atomic E-state index is 11.1. The van der Waals surface area contributed by atoms with E-state index in [1.165, 1.54) is 17.3 Å². The van der Waals surface area contributed by atoms with Crippen molar-refractivity contribution in [2.75, 3.05) is 0 Å². The molecule has 0 saturated carbocycles. The summed E-state index contributed by atoms with van der Waals surface area (Å²) in [7, 11) is 0. The van der Waals surface area contributed by atoms with Crippen LogP contribution < -0.4 is 0 Å². The van der Waals surface area contributed by atoms with Crippen LogP contribution >= 0.6 is 0 Å². The summed E-state index contributed by atoms with van der Waals surface area (Å²) in [6, 6.07) is 8.25. The fourth-order valence-corrected chi connectivity index (χ4v) is 2.54. The van der Waals surface area contributed by atoms with Gasteiger partial charge < -0.3 is 5.11 Å². The maximum Gasteiger partial charge on any atom is 0.339 e. The van der Waals surface area contributed by atoms with Gasteiger partial charge in [0.25, 0.3) is 0 Å². The molecule has 4 heteroatoms. The molecule has 4 nitrogen and oxygen atoms in total. The van der Waals surface area contributed by atoms with Crippen LogP contribution in [0.1, 0.15) is 33.1 Å². The number of carboxylic acids is 1. The summed E-state index contributed by atoms with van der Waals surface area (Å²) in [6.07, 6.45) is 3.16. The molecular weight excluding hydrogens is 216 g/mol. The van der Waals surface area contributed by atoms with E-state index in [2.05, 4.69) is 22.3 Å². The van der Waals surface area contributed by atoms with E-state index in [0.717, 1.165) is 18.5 Å². The number of H-pyrrole nitrogens is 1. The molecule has 0 fully saturated rings. The summed E-state index contributed by atoms with van der Waals surface area (Å²) < 4.78 is 0. The first-order chi connectivity index (χ1) is 8.25. The molecule has 2 N–H and O–H groups in total. The van der Waals surface area contributed by atoms with Crippen LogP contribution in [-0.4, -0.2) is 21.3 Å². The summed E-state index contributed by atoms with van der Waals surface area (Å²) in [6.45, 7) is 0. The van der Waals surface area contributed by atoms with E-state index < -0.39 is 5.97 Å². The molecule has 17 heavy (non-hydrogen) atoms. The average Bonchev–Trinajstić information content (AvgIpc) is 2.95. The molecule has 0 radical (unpaired) electrons. The van der Waals surface area contributed by atoms with Gasteiger partial charge in [-0.3, -0.25) is 5.10 Å². The number of hydrogen-bond donors (Lipinski definition) is 2. The second-order valence-corrected chi connectivity index (χ2v) is 4.38. The minimum atomic E-state index is -0.912. The Bertz CT molecular complexity index is 549. The standard InChI is InChI=1S/C13H12N2O2/c16-13(17)11-7-14-15-12(11)10-5-8-3-1-2-4-9(8)6-10/h1-4,7,10H,5-6H2,(H,14,15)(H,16,17). The maximum absolute atomic E-state index is 11.1. The van der Waals surface area contributed by atoms with Crippen LogP contribution in [0, 0.1) is 0 Å². The Hall–Kier alpha value is -2.10. The minimum Gasteiger partial charge on any atom is -0.478 e. The van der Waals surface area contributed by atoms with Crippen molar-refractivity contribution < 1.29 is 9.90 Å². The highest BCUT2D eigenvalue weighted by Gasteiger charge is 2.27. The van der Waals surface area contributed by atoms with Gasteiger partial charge in [-0.2, -0.15) is 5.10 Å². The summed E-state index contributed by atoms with van der Waals surface area (Å²) in [4.78, 5) is 11.1. The van der Waals surface area contributed by atoms with E-state index in [1.807, 2.05) is 12.1 Å². The number of fused-ring (bicyclic) bond motifs is 1. The smallest absolute Gasteiger partial charge is 0.339 e. The zero-order chi connectivity index (χ0) is 11.8. The molecule has 1 heterocycles. The summed E-state index contributed by atoms with van der Waals surface area (Å²) in [5, 5.41) is 15.7. The van der Waals surface area contributed by atoms with Gasteiger partial charge in [-0.1, -0.05) is 24.3 Å². The van der Waals surface area contributed by atoms with Gasteiger partial charge in [0.1, 0.15) is 5.56 Å². The molecule has 1 aliphatic carbocycles. The third kappa shape index (κ3) is 1.62. The number of aromatic carboxylic acids is 1. The number of nitrogens with one attached hydrogen (secondary N) is 1. The Morgan fingerprint density at radius 2 is 1.94 bits per heavy atom. The molecular formula is C13H12N2O2. The van der Waals surface area contributed by atoms with Gasteiger partial charge in [0.2, 0.25) is 0 Å². The molecule has 0 saturated heterocycles. The molecule has 1 aromatic heterocycles. The molecule has 0 amide bonds. The number of rotatable bonds is 2. The van der Waals surface area contributed by atoms with E-state index in [-0.39, 0.29) is 5.92 Å². The Balaban J connectivity index is 1.94. The zero-order valence-corrected chi connectivity index (χ0v) is 9.18. The van der Waals surface area contributed by atoms with Crippen LogP contribution in [0.3, 0.4) is 0 Å². The van der Waals surface area contributed by atoms with Crippen molar-refractivity contribution in [1.29, 1.82) is 0 Å². The van der Waals surface area contributed by atoms with Crippen LogP contribution in [-0.2, 0) is 12.8 Å². The molecule has 0 bridgehead atoms. The monoisotopic (exact) mass is 228 g/mol. The first kappa shape index (κ1) is 10.1. The molecule has 3 rings (SSSR count). The molecule has 0 spiro atoms. The highest BCUT2D eigenvalue weighted by atomic mass is 16.4. The van der Waals surface area contributed by atoms with Crippen LogP contribution in [0.5, 0.6) is 0 Å². The minimum absolute atomic E-state index is 0.209. The van der Waals surface area contributed by atoms with E-state index in [1.54, 1.807) is 0 Å². The fourth-order valence-electron chi connectivity index (χ4n) is 2.54. The van der Waals surface area contributed by atoms with E-state index in [9.17, 15) is 4.79 Å². The first-order valence-electron chi connectivity index (χ1n) is 5.59. The van der Waals surface area contributed by atoms with Crippen molar-refractivity contribution in [3.05, 3.63) is 52.8 Å². The van der Waals surface area contributed by atoms with Crippen LogP contribution in [0.25, 0.3) is 0 Å². The molecule has 0 atom stereocenters. The van der Waals surface area contributed by atoms with Crippen molar-refractivity contribution in [2.24, 2.45) is 0 Å². The number of aromatic amines is 1. The number of hydrogen-bond acceptors (Lipinski definition) is 2. The lowest BCUT2D eigenvalue weighted by atomic mass is 9.99. The number of carboxylic acid groups (broad SMARTS) is 1. The molecule has 1 aromatic carbocycles. The topological polar surface area (TPSA) is 66.0 Å². The molecule has 0 unspecified atom stereocenters. The predicted octanol–water partition coefficient (Wildman–Crippen LogP) is 1.99. The highest BCUT2D eigenvalue weighted by molar-refractivity contribution is 5.88. The fraction of sp³-hybridized carbons (Fsp3) is 0.231. The third-order valence-electron chi connectivity index (χ3n) is 3.36.